The van der Waals surface area contributed by atoms with Crippen LogP contribution in [0.1, 0.15) is 19.3 Å². The first kappa shape index (κ1) is 15.9. The summed E-state index contributed by atoms with van der Waals surface area (Å²) in [5, 5.41) is 7.74. The molecule has 0 aromatic carbocycles. The average Bonchev–Trinajstić information content (AvgIpc) is 2.91. The van der Waals surface area contributed by atoms with E-state index in [9.17, 15) is 0 Å². The standard InChI is InChI=1S/C14H28N4OS/c1-15-14(17-11-4-5-13(8-11)20-3)16-9-12-10-18(2)6-7-19-12/h11-13H,4-10H2,1-3H3,(H2,15,16,17). The topological polar surface area (TPSA) is 48.9 Å². The molecule has 3 unspecified atom stereocenters. The van der Waals surface area contributed by atoms with Crippen LogP contribution < -0.4 is 10.6 Å². The highest BCUT2D eigenvalue weighted by Gasteiger charge is 2.25. The molecule has 5 nitrogen and oxygen atoms in total. The summed E-state index contributed by atoms with van der Waals surface area (Å²) in [4.78, 5) is 6.64. The van der Waals surface area contributed by atoms with Gasteiger partial charge in [-0.25, -0.2) is 0 Å². The molecule has 1 saturated heterocycles. The average molecular weight is 300 g/mol. The fraction of sp³-hybridized carbons (Fsp3) is 0.929. The van der Waals surface area contributed by atoms with Gasteiger partial charge in [-0.2, -0.15) is 11.8 Å². The van der Waals surface area contributed by atoms with Crippen molar-refractivity contribution < 1.29 is 4.74 Å². The molecule has 0 radical (unpaired) electrons. The van der Waals surface area contributed by atoms with Gasteiger partial charge in [-0.3, -0.25) is 4.99 Å². The number of hydrogen-bond acceptors (Lipinski definition) is 4. The molecule has 6 heteroatoms. The second kappa shape index (κ2) is 8.10. The number of morpholine rings is 1. The maximum Gasteiger partial charge on any atom is 0.191 e. The lowest BCUT2D eigenvalue weighted by atomic mass is 10.2. The fourth-order valence-electron chi connectivity index (χ4n) is 2.87. The Hall–Kier alpha value is -0.460. The first-order chi connectivity index (χ1) is 9.71. The Labute approximate surface area is 126 Å². The first-order valence-electron chi connectivity index (χ1n) is 7.51. The highest BCUT2D eigenvalue weighted by atomic mass is 32.2. The molecule has 0 aromatic rings. The largest absolute Gasteiger partial charge is 0.374 e. The Balaban J connectivity index is 1.70. The predicted octanol–water partition coefficient (Wildman–Crippen LogP) is 0.766. The molecule has 1 heterocycles. The minimum atomic E-state index is 0.259. The summed E-state index contributed by atoms with van der Waals surface area (Å²) in [7, 11) is 3.98. The van der Waals surface area contributed by atoms with Crippen molar-refractivity contribution in [1.82, 2.24) is 15.5 Å². The third-order valence-corrected chi connectivity index (χ3v) is 5.22. The lowest BCUT2D eigenvalue weighted by Gasteiger charge is -2.30. The quantitative estimate of drug-likeness (QED) is 0.593. The van der Waals surface area contributed by atoms with Crippen LogP contribution in [0.25, 0.3) is 0 Å². The normalized spacial score (nSPS) is 32.4. The first-order valence-corrected chi connectivity index (χ1v) is 8.80. The Kier molecular flexibility index (Phi) is 6.45. The molecule has 1 aliphatic carbocycles. The summed E-state index contributed by atoms with van der Waals surface area (Å²) < 4.78 is 5.76. The fourth-order valence-corrected chi connectivity index (χ4v) is 3.67. The predicted molar refractivity (Wildman–Crippen MR) is 86.7 cm³/mol. The van der Waals surface area contributed by atoms with Gasteiger partial charge in [0.25, 0.3) is 0 Å². The van der Waals surface area contributed by atoms with Gasteiger partial charge in [0.15, 0.2) is 5.96 Å². The molecule has 3 atom stereocenters. The zero-order valence-corrected chi connectivity index (χ0v) is 13.7. The molecule has 2 rings (SSSR count). The van der Waals surface area contributed by atoms with Gasteiger partial charge in [0.2, 0.25) is 0 Å². The van der Waals surface area contributed by atoms with Gasteiger partial charge in [0, 0.05) is 38.0 Å². The van der Waals surface area contributed by atoms with E-state index >= 15 is 0 Å². The van der Waals surface area contributed by atoms with Crippen LogP contribution in [0, 0.1) is 0 Å². The smallest absolute Gasteiger partial charge is 0.191 e. The SMILES string of the molecule is CN=C(NCC1CN(C)CCO1)NC1CCC(SC)C1. The maximum absolute atomic E-state index is 5.76. The number of hydrogen-bond donors (Lipinski definition) is 2. The number of ether oxygens (including phenoxy) is 1. The van der Waals surface area contributed by atoms with Gasteiger partial charge in [-0.15, -0.1) is 0 Å². The summed E-state index contributed by atoms with van der Waals surface area (Å²) in [6.45, 7) is 3.67. The molecule has 0 bridgehead atoms. The third-order valence-electron chi connectivity index (χ3n) is 4.12. The molecular weight excluding hydrogens is 272 g/mol. The number of nitrogens with zero attached hydrogens (tertiary/aromatic N) is 2. The molecule has 0 spiro atoms. The number of thioether (sulfide) groups is 1. The molecule has 2 fully saturated rings. The highest BCUT2D eigenvalue weighted by Crippen LogP contribution is 2.27. The Morgan fingerprint density at radius 3 is 2.95 bits per heavy atom. The number of rotatable bonds is 4. The number of nitrogens with one attached hydrogen (secondary N) is 2. The van der Waals surface area contributed by atoms with E-state index in [-0.39, 0.29) is 6.10 Å². The lowest BCUT2D eigenvalue weighted by Crippen LogP contribution is -2.49. The van der Waals surface area contributed by atoms with E-state index in [1.54, 1.807) is 0 Å². The van der Waals surface area contributed by atoms with E-state index in [4.69, 9.17) is 4.74 Å². The van der Waals surface area contributed by atoms with Crippen molar-refractivity contribution in [1.29, 1.82) is 0 Å². The van der Waals surface area contributed by atoms with Crippen LogP contribution in [-0.2, 0) is 4.74 Å². The molecule has 20 heavy (non-hydrogen) atoms. The summed E-state index contributed by atoms with van der Waals surface area (Å²) in [6.07, 6.45) is 6.26. The van der Waals surface area contributed by atoms with Crippen molar-refractivity contribution in [2.75, 3.05) is 46.6 Å². The molecule has 2 aliphatic rings. The summed E-state index contributed by atoms with van der Waals surface area (Å²) in [5.41, 5.74) is 0. The minimum absolute atomic E-state index is 0.259. The molecule has 116 valence electrons. The Bertz CT molecular complexity index is 326. The van der Waals surface area contributed by atoms with Crippen molar-refractivity contribution in [2.45, 2.75) is 36.7 Å². The van der Waals surface area contributed by atoms with Crippen LogP contribution >= 0.6 is 11.8 Å². The zero-order chi connectivity index (χ0) is 14.4. The van der Waals surface area contributed by atoms with Gasteiger partial charge in [-0.1, -0.05) is 0 Å². The number of aliphatic imine (C=N–C) groups is 1. The van der Waals surface area contributed by atoms with Crippen LogP contribution in [0.2, 0.25) is 0 Å². The van der Waals surface area contributed by atoms with Gasteiger partial charge in [-0.05, 0) is 32.6 Å². The van der Waals surface area contributed by atoms with Crippen molar-refractivity contribution >= 4 is 17.7 Å². The molecule has 1 aliphatic heterocycles. The van der Waals surface area contributed by atoms with Crippen LogP contribution in [0.4, 0.5) is 0 Å². The summed E-state index contributed by atoms with van der Waals surface area (Å²) >= 11 is 1.98. The molecule has 2 N–H and O–H groups in total. The second-order valence-corrected chi connectivity index (χ2v) is 6.86. The van der Waals surface area contributed by atoms with Crippen LogP contribution in [0.15, 0.2) is 4.99 Å². The molecular formula is C14H28N4OS. The van der Waals surface area contributed by atoms with E-state index in [1.165, 1.54) is 19.3 Å². The van der Waals surface area contributed by atoms with Crippen LogP contribution in [0.5, 0.6) is 0 Å². The number of guanidine groups is 1. The van der Waals surface area contributed by atoms with Crippen LogP contribution in [-0.4, -0.2) is 74.8 Å². The van der Waals surface area contributed by atoms with E-state index < -0.39 is 0 Å². The van der Waals surface area contributed by atoms with Crippen molar-refractivity contribution in [2.24, 2.45) is 4.99 Å². The van der Waals surface area contributed by atoms with Gasteiger partial charge >= 0.3 is 0 Å². The molecule has 0 amide bonds. The zero-order valence-electron chi connectivity index (χ0n) is 12.9. The van der Waals surface area contributed by atoms with Crippen molar-refractivity contribution in [3.63, 3.8) is 0 Å². The third kappa shape index (κ3) is 4.82. The lowest BCUT2D eigenvalue weighted by molar-refractivity contribution is -0.0161. The second-order valence-electron chi connectivity index (χ2n) is 5.72. The van der Waals surface area contributed by atoms with Gasteiger partial charge in [0.1, 0.15) is 0 Å². The molecule has 1 saturated carbocycles. The van der Waals surface area contributed by atoms with Crippen LogP contribution in [0.3, 0.4) is 0 Å². The van der Waals surface area contributed by atoms with E-state index in [0.717, 1.165) is 37.5 Å². The van der Waals surface area contributed by atoms with Crippen molar-refractivity contribution in [3.8, 4) is 0 Å². The van der Waals surface area contributed by atoms with Gasteiger partial charge < -0.3 is 20.3 Å². The Morgan fingerprint density at radius 1 is 1.45 bits per heavy atom. The maximum atomic E-state index is 5.76. The minimum Gasteiger partial charge on any atom is -0.374 e. The number of likely N-dealkylation sites (N-methyl/N-ethyl adjacent to an activating group) is 1. The van der Waals surface area contributed by atoms with Crippen molar-refractivity contribution in [3.05, 3.63) is 0 Å². The summed E-state index contributed by atoms with van der Waals surface area (Å²) in [6, 6.07) is 0.564. The highest BCUT2D eigenvalue weighted by molar-refractivity contribution is 7.99. The Morgan fingerprint density at radius 2 is 2.30 bits per heavy atom. The van der Waals surface area contributed by atoms with E-state index in [0.29, 0.717) is 6.04 Å². The molecule has 0 aromatic heterocycles. The van der Waals surface area contributed by atoms with E-state index in [1.807, 2.05) is 18.8 Å². The summed E-state index contributed by atoms with van der Waals surface area (Å²) in [5.74, 6) is 0.911. The van der Waals surface area contributed by atoms with Gasteiger partial charge in [0.05, 0.1) is 12.7 Å². The monoisotopic (exact) mass is 300 g/mol. The van der Waals surface area contributed by atoms with E-state index in [2.05, 4.69) is 33.8 Å².